The molecule has 1 N–H and O–H groups in total. The van der Waals surface area contributed by atoms with Crippen molar-refractivity contribution in [3.05, 3.63) is 88.4 Å². The molecule has 1 aliphatic rings. The van der Waals surface area contributed by atoms with Gasteiger partial charge in [0.15, 0.2) is 0 Å². The predicted octanol–water partition coefficient (Wildman–Crippen LogP) is 5.32. The highest BCUT2D eigenvalue weighted by molar-refractivity contribution is 6.31. The highest BCUT2D eigenvalue weighted by Crippen LogP contribution is 2.41. The Kier molecular flexibility index (Phi) is 6.34. The molecule has 0 radical (unpaired) electrons. The largest absolute Gasteiger partial charge is 0.496 e. The average Bonchev–Trinajstić information content (AvgIpc) is 3.28. The highest BCUT2D eigenvalue weighted by atomic mass is 35.5. The topological polar surface area (TPSA) is 90.6 Å². The van der Waals surface area contributed by atoms with Crippen LogP contribution in [-0.2, 0) is 4.79 Å². The Morgan fingerprint density at radius 1 is 1.09 bits per heavy atom. The fourth-order valence-electron chi connectivity index (χ4n) is 4.36. The first kappa shape index (κ1) is 22.4. The van der Waals surface area contributed by atoms with Gasteiger partial charge in [0.2, 0.25) is 0 Å². The van der Waals surface area contributed by atoms with E-state index in [4.69, 9.17) is 16.3 Å². The summed E-state index contributed by atoms with van der Waals surface area (Å²) in [6.45, 7) is 0. The van der Waals surface area contributed by atoms with Crippen molar-refractivity contribution in [2.75, 3.05) is 7.11 Å². The highest BCUT2D eigenvalue weighted by Gasteiger charge is 2.42. The summed E-state index contributed by atoms with van der Waals surface area (Å²) in [5.74, 6) is -0.994. The summed E-state index contributed by atoms with van der Waals surface area (Å²) in [6, 6.07) is 20.0. The molecule has 0 unspecified atom stereocenters. The molecule has 0 aliphatic carbocycles. The second kappa shape index (κ2) is 9.35. The first-order valence-corrected chi connectivity index (χ1v) is 10.8. The van der Waals surface area contributed by atoms with E-state index in [1.807, 2.05) is 18.2 Å². The van der Waals surface area contributed by atoms with E-state index in [2.05, 4.69) is 6.07 Å². The summed E-state index contributed by atoms with van der Waals surface area (Å²) >= 11 is 6.38. The van der Waals surface area contributed by atoms with E-state index < -0.39 is 24.0 Å². The Bertz CT molecular complexity index is 1270. The molecule has 0 bridgehead atoms. The molecule has 0 saturated carbocycles. The summed E-state index contributed by atoms with van der Waals surface area (Å²) in [7, 11) is 1.50. The number of hydrogen-bond acceptors (Lipinski definition) is 4. The number of rotatable bonds is 5. The molecule has 3 aromatic carbocycles. The first-order chi connectivity index (χ1) is 15.9. The lowest BCUT2D eigenvalue weighted by Crippen LogP contribution is -2.41. The van der Waals surface area contributed by atoms with Gasteiger partial charge in [-0.1, -0.05) is 41.9 Å². The zero-order chi connectivity index (χ0) is 23.5. The van der Waals surface area contributed by atoms with E-state index in [1.165, 1.54) is 12.0 Å². The smallest absolute Gasteiger partial charge is 0.326 e. The molecule has 1 fully saturated rings. The SMILES string of the molecule is COc1cc(C(=O)N2[C@@H](c3ccccc3Cl)CC[C@H]2C(=O)O)ccc1-c1cccc(C#N)c1. The van der Waals surface area contributed by atoms with Crippen LogP contribution in [0.15, 0.2) is 66.7 Å². The van der Waals surface area contributed by atoms with Crippen LogP contribution in [-0.4, -0.2) is 35.0 Å². The third-order valence-corrected chi connectivity index (χ3v) is 6.26. The van der Waals surface area contributed by atoms with Gasteiger partial charge in [0.25, 0.3) is 5.91 Å². The molecular formula is C26H21ClN2O4. The van der Waals surface area contributed by atoms with Gasteiger partial charge >= 0.3 is 5.97 Å². The molecule has 0 spiro atoms. The molecule has 1 heterocycles. The summed E-state index contributed by atoms with van der Waals surface area (Å²) in [4.78, 5) is 27.0. The number of nitriles is 1. The van der Waals surface area contributed by atoms with Crippen molar-refractivity contribution < 1.29 is 19.4 Å². The minimum absolute atomic E-state index is 0.317. The van der Waals surface area contributed by atoms with Crippen molar-refractivity contribution in [1.82, 2.24) is 4.90 Å². The van der Waals surface area contributed by atoms with E-state index in [0.717, 1.165) is 16.7 Å². The molecule has 1 saturated heterocycles. The lowest BCUT2D eigenvalue weighted by Gasteiger charge is -2.29. The van der Waals surface area contributed by atoms with Crippen LogP contribution >= 0.6 is 11.6 Å². The lowest BCUT2D eigenvalue weighted by molar-refractivity contribution is -0.141. The van der Waals surface area contributed by atoms with Gasteiger partial charge in [-0.2, -0.15) is 5.26 Å². The third kappa shape index (κ3) is 4.28. The van der Waals surface area contributed by atoms with Gasteiger partial charge in [-0.05, 0) is 60.4 Å². The number of carbonyl (C=O) groups is 2. The quantitative estimate of drug-likeness (QED) is 0.556. The van der Waals surface area contributed by atoms with Gasteiger partial charge in [0.1, 0.15) is 11.8 Å². The van der Waals surface area contributed by atoms with Crippen LogP contribution in [0, 0.1) is 11.3 Å². The maximum absolute atomic E-state index is 13.6. The number of carboxylic acids is 1. The number of halogens is 1. The maximum Gasteiger partial charge on any atom is 0.326 e. The number of amides is 1. The molecule has 33 heavy (non-hydrogen) atoms. The summed E-state index contributed by atoms with van der Waals surface area (Å²) < 4.78 is 5.54. The summed E-state index contributed by atoms with van der Waals surface area (Å²) in [5, 5.41) is 19.5. The Hall–Kier alpha value is -3.82. The fourth-order valence-corrected chi connectivity index (χ4v) is 4.62. The zero-order valence-corrected chi connectivity index (χ0v) is 18.6. The number of likely N-dealkylation sites (tertiary alicyclic amines) is 1. The molecule has 1 amide bonds. The van der Waals surface area contributed by atoms with Crippen LogP contribution in [0.1, 0.15) is 40.4 Å². The van der Waals surface area contributed by atoms with Crippen molar-refractivity contribution in [3.8, 4) is 22.9 Å². The molecule has 2 atom stereocenters. The number of hydrogen-bond donors (Lipinski definition) is 1. The van der Waals surface area contributed by atoms with Crippen LogP contribution in [0.4, 0.5) is 0 Å². The molecule has 4 rings (SSSR count). The Labute approximate surface area is 196 Å². The molecule has 7 heteroatoms. The molecule has 1 aliphatic heterocycles. The number of ether oxygens (including phenoxy) is 1. The normalized spacial score (nSPS) is 17.4. The van der Waals surface area contributed by atoms with Gasteiger partial charge in [-0.25, -0.2) is 4.79 Å². The van der Waals surface area contributed by atoms with Gasteiger partial charge in [0, 0.05) is 16.1 Å². The van der Waals surface area contributed by atoms with Gasteiger partial charge < -0.3 is 14.7 Å². The van der Waals surface area contributed by atoms with Crippen LogP contribution in [0.2, 0.25) is 5.02 Å². The van der Waals surface area contributed by atoms with Gasteiger partial charge in [-0.15, -0.1) is 0 Å². The van der Waals surface area contributed by atoms with Crippen LogP contribution in [0.25, 0.3) is 11.1 Å². The Morgan fingerprint density at radius 3 is 2.58 bits per heavy atom. The third-order valence-electron chi connectivity index (χ3n) is 5.92. The maximum atomic E-state index is 13.6. The molecule has 166 valence electrons. The molecular weight excluding hydrogens is 440 g/mol. The monoisotopic (exact) mass is 460 g/mol. The number of methoxy groups -OCH3 is 1. The van der Waals surface area contributed by atoms with Gasteiger partial charge in [-0.3, -0.25) is 4.79 Å². The fraction of sp³-hybridized carbons (Fsp3) is 0.192. The second-order valence-electron chi connectivity index (χ2n) is 7.79. The number of benzene rings is 3. The number of nitrogens with zero attached hydrogens (tertiary/aromatic N) is 2. The predicted molar refractivity (Wildman–Crippen MR) is 124 cm³/mol. The van der Waals surface area contributed by atoms with E-state index in [-0.39, 0.29) is 0 Å². The number of aliphatic carboxylic acids is 1. The van der Waals surface area contributed by atoms with E-state index in [0.29, 0.717) is 34.7 Å². The number of carbonyl (C=O) groups excluding carboxylic acids is 1. The van der Waals surface area contributed by atoms with E-state index >= 15 is 0 Å². The zero-order valence-electron chi connectivity index (χ0n) is 17.9. The Morgan fingerprint density at radius 2 is 1.88 bits per heavy atom. The van der Waals surface area contributed by atoms with E-state index in [9.17, 15) is 20.0 Å². The van der Waals surface area contributed by atoms with Crippen molar-refractivity contribution >= 4 is 23.5 Å². The molecule has 3 aromatic rings. The molecule has 0 aromatic heterocycles. The van der Waals surface area contributed by atoms with Crippen molar-refractivity contribution in [2.24, 2.45) is 0 Å². The Balaban J connectivity index is 1.74. The lowest BCUT2D eigenvalue weighted by atomic mass is 9.99. The summed E-state index contributed by atoms with van der Waals surface area (Å²) in [5.41, 5.74) is 3.07. The van der Waals surface area contributed by atoms with Crippen LogP contribution < -0.4 is 4.74 Å². The molecule has 6 nitrogen and oxygen atoms in total. The second-order valence-corrected chi connectivity index (χ2v) is 8.20. The standard InChI is InChI=1S/C26H21ClN2O4/c1-33-24-14-18(9-10-19(24)17-6-4-5-16(13-17)15-28)25(30)29-22(11-12-23(29)26(31)32)20-7-2-3-8-21(20)27/h2-10,13-14,22-23H,11-12H2,1H3,(H,31,32)/t22-,23+/m1/s1. The van der Waals surface area contributed by atoms with E-state index in [1.54, 1.807) is 48.5 Å². The van der Waals surface area contributed by atoms with Gasteiger partial charge in [0.05, 0.1) is 24.8 Å². The number of carboxylic acid groups (broad SMARTS) is 1. The first-order valence-electron chi connectivity index (χ1n) is 10.4. The van der Waals surface area contributed by atoms with Crippen LogP contribution in [0.3, 0.4) is 0 Å². The summed E-state index contributed by atoms with van der Waals surface area (Å²) in [6.07, 6.45) is 0.843. The minimum atomic E-state index is -1.05. The van der Waals surface area contributed by atoms with Crippen molar-refractivity contribution in [2.45, 2.75) is 24.9 Å². The van der Waals surface area contributed by atoms with Crippen LogP contribution in [0.5, 0.6) is 5.75 Å². The van der Waals surface area contributed by atoms with Crippen molar-refractivity contribution in [1.29, 1.82) is 5.26 Å². The van der Waals surface area contributed by atoms with Crippen molar-refractivity contribution in [3.63, 3.8) is 0 Å². The minimum Gasteiger partial charge on any atom is -0.496 e. The average molecular weight is 461 g/mol.